The number of benzene rings is 1. The van der Waals surface area contributed by atoms with E-state index >= 15 is 0 Å². The van der Waals surface area contributed by atoms with Gasteiger partial charge in [0.25, 0.3) is 0 Å². The Kier molecular flexibility index (Phi) is 5.13. The van der Waals surface area contributed by atoms with Crippen LogP contribution in [-0.4, -0.2) is 25.8 Å². The average molecular weight is 271 g/mol. The van der Waals surface area contributed by atoms with Crippen molar-refractivity contribution in [3.8, 4) is 5.88 Å². The second kappa shape index (κ2) is 7.06. The molecule has 2 aromatic rings. The molecule has 0 saturated heterocycles. The van der Waals surface area contributed by atoms with Crippen LogP contribution < -0.4 is 4.74 Å². The minimum Gasteiger partial charge on any atom is -0.481 e. The Morgan fingerprint density at radius 2 is 2.10 bits per heavy atom. The van der Waals surface area contributed by atoms with Gasteiger partial charge in [-0.2, -0.15) is 0 Å². The van der Waals surface area contributed by atoms with Crippen LogP contribution in [0.15, 0.2) is 30.5 Å². The number of allylic oxidation sites excluding steroid dienone is 1. The normalized spacial score (nSPS) is 11.3. The standard InChI is InChI=1S/C17H21NO2/c1-13-11-15-8-9-18-17(20-3)16(15)12-14(13)7-5-4-6-10-19-2/h5,7-9,11-12H,4,6,10H2,1-3H3/b7-5+. The smallest absolute Gasteiger partial charge is 0.221 e. The molecule has 1 heterocycles. The number of aromatic nitrogens is 1. The highest BCUT2D eigenvalue weighted by atomic mass is 16.5. The van der Waals surface area contributed by atoms with Crippen LogP contribution in [0.4, 0.5) is 0 Å². The molecule has 20 heavy (non-hydrogen) atoms. The maximum absolute atomic E-state index is 5.33. The number of pyridine rings is 1. The zero-order valence-electron chi connectivity index (χ0n) is 12.3. The number of aryl methyl sites for hydroxylation is 1. The number of ether oxygens (including phenoxy) is 2. The molecule has 3 heteroatoms. The molecule has 1 aromatic heterocycles. The fourth-order valence-corrected chi connectivity index (χ4v) is 2.22. The lowest BCUT2D eigenvalue weighted by molar-refractivity contribution is 0.196. The third-order valence-corrected chi connectivity index (χ3v) is 3.32. The number of rotatable bonds is 6. The van der Waals surface area contributed by atoms with Gasteiger partial charge in [-0.3, -0.25) is 0 Å². The van der Waals surface area contributed by atoms with Gasteiger partial charge in [0, 0.05) is 25.3 Å². The van der Waals surface area contributed by atoms with Crippen LogP contribution in [0.2, 0.25) is 0 Å². The topological polar surface area (TPSA) is 31.4 Å². The molecule has 0 amide bonds. The first-order valence-corrected chi connectivity index (χ1v) is 6.85. The van der Waals surface area contributed by atoms with E-state index in [9.17, 15) is 0 Å². The fourth-order valence-electron chi connectivity index (χ4n) is 2.22. The summed E-state index contributed by atoms with van der Waals surface area (Å²) in [6.07, 6.45) is 8.20. The number of nitrogens with zero attached hydrogens (tertiary/aromatic N) is 1. The van der Waals surface area contributed by atoms with Crippen LogP contribution in [0.1, 0.15) is 24.0 Å². The van der Waals surface area contributed by atoms with E-state index in [2.05, 4.69) is 36.2 Å². The zero-order chi connectivity index (χ0) is 14.4. The summed E-state index contributed by atoms with van der Waals surface area (Å²) in [5, 5.41) is 2.21. The van der Waals surface area contributed by atoms with Crippen molar-refractivity contribution in [1.82, 2.24) is 4.98 Å². The van der Waals surface area contributed by atoms with Crippen LogP contribution in [-0.2, 0) is 4.74 Å². The Bertz CT molecular complexity index is 605. The summed E-state index contributed by atoms with van der Waals surface area (Å²) in [5.74, 6) is 0.677. The number of methoxy groups -OCH3 is 2. The van der Waals surface area contributed by atoms with Gasteiger partial charge in [0.1, 0.15) is 0 Å². The van der Waals surface area contributed by atoms with E-state index in [4.69, 9.17) is 9.47 Å². The van der Waals surface area contributed by atoms with Crippen LogP contribution in [0.5, 0.6) is 5.88 Å². The molecular formula is C17H21NO2. The molecule has 0 N–H and O–H groups in total. The third-order valence-electron chi connectivity index (χ3n) is 3.32. The molecule has 3 nitrogen and oxygen atoms in total. The largest absolute Gasteiger partial charge is 0.481 e. The van der Waals surface area contributed by atoms with Gasteiger partial charge in [-0.05, 0) is 48.4 Å². The van der Waals surface area contributed by atoms with Gasteiger partial charge in [0.2, 0.25) is 5.88 Å². The van der Waals surface area contributed by atoms with Gasteiger partial charge in [-0.1, -0.05) is 18.2 Å². The maximum atomic E-state index is 5.33. The first kappa shape index (κ1) is 14.5. The number of fused-ring (bicyclic) bond motifs is 1. The summed E-state index contributed by atoms with van der Waals surface area (Å²) in [6.45, 7) is 2.93. The van der Waals surface area contributed by atoms with Crippen molar-refractivity contribution in [2.75, 3.05) is 20.8 Å². The monoisotopic (exact) mass is 271 g/mol. The lowest BCUT2D eigenvalue weighted by atomic mass is 10.0. The van der Waals surface area contributed by atoms with E-state index in [1.807, 2.05) is 6.07 Å². The molecule has 0 spiro atoms. The first-order valence-electron chi connectivity index (χ1n) is 6.85. The Labute approximate surface area is 120 Å². The Balaban J connectivity index is 2.27. The summed E-state index contributed by atoms with van der Waals surface area (Å²) in [5.41, 5.74) is 2.47. The second-order valence-electron chi connectivity index (χ2n) is 4.79. The molecule has 1 aromatic carbocycles. The van der Waals surface area contributed by atoms with Crippen molar-refractivity contribution in [3.63, 3.8) is 0 Å². The predicted octanol–water partition coefficient (Wildman–Crippen LogP) is 3.99. The van der Waals surface area contributed by atoms with Crippen molar-refractivity contribution >= 4 is 16.8 Å². The molecule has 0 aliphatic heterocycles. The van der Waals surface area contributed by atoms with E-state index in [0.717, 1.165) is 30.2 Å². The van der Waals surface area contributed by atoms with E-state index in [1.54, 1.807) is 20.4 Å². The molecule has 0 aliphatic carbocycles. The fraction of sp³-hybridized carbons (Fsp3) is 0.353. The van der Waals surface area contributed by atoms with Gasteiger partial charge in [0.15, 0.2) is 0 Å². The minimum atomic E-state index is 0.677. The van der Waals surface area contributed by atoms with E-state index < -0.39 is 0 Å². The summed E-state index contributed by atoms with van der Waals surface area (Å²) in [6, 6.07) is 6.33. The van der Waals surface area contributed by atoms with Crippen LogP contribution in [0.25, 0.3) is 16.8 Å². The van der Waals surface area contributed by atoms with Crippen molar-refractivity contribution < 1.29 is 9.47 Å². The number of hydrogen-bond donors (Lipinski definition) is 0. The van der Waals surface area contributed by atoms with Crippen molar-refractivity contribution in [3.05, 3.63) is 41.6 Å². The average Bonchev–Trinajstić information content (AvgIpc) is 2.46. The SMILES string of the molecule is COCCC/C=C/c1cc2c(OC)nccc2cc1C. The number of unbranched alkanes of at least 4 members (excludes halogenated alkanes) is 1. The van der Waals surface area contributed by atoms with Gasteiger partial charge in [-0.25, -0.2) is 4.98 Å². The second-order valence-corrected chi connectivity index (χ2v) is 4.79. The Morgan fingerprint density at radius 3 is 2.85 bits per heavy atom. The molecule has 0 bridgehead atoms. The molecule has 0 unspecified atom stereocenters. The molecule has 0 radical (unpaired) electrons. The van der Waals surface area contributed by atoms with E-state index in [1.165, 1.54) is 11.1 Å². The molecule has 2 rings (SSSR count). The summed E-state index contributed by atoms with van der Waals surface area (Å²) < 4.78 is 10.4. The van der Waals surface area contributed by atoms with Crippen molar-refractivity contribution in [2.45, 2.75) is 19.8 Å². The lowest BCUT2D eigenvalue weighted by Gasteiger charge is -2.07. The highest BCUT2D eigenvalue weighted by Crippen LogP contribution is 2.26. The lowest BCUT2D eigenvalue weighted by Crippen LogP contribution is -1.90. The van der Waals surface area contributed by atoms with Crippen molar-refractivity contribution in [1.29, 1.82) is 0 Å². The first-order chi connectivity index (χ1) is 9.76. The highest BCUT2D eigenvalue weighted by molar-refractivity contribution is 5.89. The molecule has 0 fully saturated rings. The predicted molar refractivity (Wildman–Crippen MR) is 83.2 cm³/mol. The molecule has 0 saturated carbocycles. The van der Waals surface area contributed by atoms with Gasteiger partial charge in [0.05, 0.1) is 7.11 Å². The quantitative estimate of drug-likeness (QED) is 0.744. The third kappa shape index (κ3) is 3.36. The Morgan fingerprint density at radius 1 is 1.25 bits per heavy atom. The summed E-state index contributed by atoms with van der Waals surface area (Å²) in [7, 11) is 3.39. The van der Waals surface area contributed by atoms with Crippen LogP contribution in [0.3, 0.4) is 0 Å². The summed E-state index contributed by atoms with van der Waals surface area (Å²) >= 11 is 0. The van der Waals surface area contributed by atoms with Crippen LogP contribution >= 0.6 is 0 Å². The molecule has 0 atom stereocenters. The highest BCUT2D eigenvalue weighted by Gasteiger charge is 2.05. The van der Waals surface area contributed by atoms with Crippen LogP contribution in [0, 0.1) is 6.92 Å². The maximum Gasteiger partial charge on any atom is 0.221 e. The van der Waals surface area contributed by atoms with Gasteiger partial charge >= 0.3 is 0 Å². The van der Waals surface area contributed by atoms with Crippen molar-refractivity contribution in [2.24, 2.45) is 0 Å². The molecular weight excluding hydrogens is 250 g/mol. The summed E-state index contributed by atoms with van der Waals surface area (Å²) in [4.78, 5) is 4.25. The van der Waals surface area contributed by atoms with Gasteiger partial charge in [-0.15, -0.1) is 0 Å². The van der Waals surface area contributed by atoms with E-state index in [0.29, 0.717) is 5.88 Å². The zero-order valence-corrected chi connectivity index (χ0v) is 12.3. The number of hydrogen-bond acceptors (Lipinski definition) is 3. The molecule has 106 valence electrons. The Hall–Kier alpha value is -1.87. The molecule has 0 aliphatic rings. The van der Waals surface area contributed by atoms with Gasteiger partial charge < -0.3 is 9.47 Å². The van der Waals surface area contributed by atoms with E-state index in [-0.39, 0.29) is 0 Å². The minimum absolute atomic E-state index is 0.677.